The molecule has 23 heavy (non-hydrogen) atoms. The van der Waals surface area contributed by atoms with Gasteiger partial charge in [-0.15, -0.1) is 0 Å². The Kier molecular flexibility index (Phi) is 4.37. The van der Waals surface area contributed by atoms with Crippen LogP contribution in [0.2, 0.25) is 0 Å². The van der Waals surface area contributed by atoms with Crippen molar-refractivity contribution in [1.82, 2.24) is 0 Å². The van der Waals surface area contributed by atoms with Crippen LogP contribution in [0.15, 0.2) is 47.4 Å². The lowest BCUT2D eigenvalue weighted by Gasteiger charge is -2.12. The Morgan fingerprint density at radius 3 is 2.04 bits per heavy atom. The van der Waals surface area contributed by atoms with Crippen molar-refractivity contribution in [2.24, 2.45) is 0 Å². The summed E-state index contributed by atoms with van der Waals surface area (Å²) in [5.74, 6) is -2.66. The fraction of sp³-hybridized carbons (Fsp3) is 0.0667. The Hall–Kier alpha value is -2.87. The zero-order valence-corrected chi connectivity index (χ0v) is 12.7. The third-order valence-electron chi connectivity index (χ3n) is 2.93. The number of para-hydroxylation sites is 1. The number of aromatic carboxylic acids is 2. The van der Waals surface area contributed by atoms with Gasteiger partial charge in [0.25, 0.3) is 0 Å². The Balaban J connectivity index is 2.53. The molecule has 0 aromatic heterocycles. The molecule has 0 atom stereocenters. The van der Waals surface area contributed by atoms with Crippen molar-refractivity contribution in [3.8, 4) is 11.5 Å². The van der Waals surface area contributed by atoms with E-state index in [0.717, 1.165) is 6.26 Å². The Morgan fingerprint density at radius 2 is 1.57 bits per heavy atom. The molecule has 120 valence electrons. The monoisotopic (exact) mass is 336 g/mol. The predicted octanol–water partition coefficient (Wildman–Crippen LogP) is 2.28. The molecule has 0 aliphatic heterocycles. The van der Waals surface area contributed by atoms with Crippen LogP contribution in [0.1, 0.15) is 20.7 Å². The number of hydrogen-bond acceptors (Lipinski definition) is 5. The summed E-state index contributed by atoms with van der Waals surface area (Å²) in [6.45, 7) is 0. The second-order valence-electron chi connectivity index (χ2n) is 4.64. The molecular formula is C15H12O7S. The lowest BCUT2D eigenvalue weighted by molar-refractivity contribution is 0.0684. The Labute approximate surface area is 131 Å². The minimum atomic E-state index is -3.71. The van der Waals surface area contributed by atoms with Crippen LogP contribution in [-0.2, 0) is 9.84 Å². The molecule has 2 N–H and O–H groups in total. The first-order chi connectivity index (χ1) is 10.7. The number of benzene rings is 2. The van der Waals surface area contributed by atoms with Crippen LogP contribution in [0.5, 0.6) is 11.5 Å². The second kappa shape index (κ2) is 6.09. The van der Waals surface area contributed by atoms with Gasteiger partial charge in [-0.05, 0) is 36.4 Å². The quantitative estimate of drug-likeness (QED) is 0.860. The van der Waals surface area contributed by atoms with Gasteiger partial charge >= 0.3 is 11.9 Å². The smallest absolute Gasteiger partial charge is 0.339 e. The third-order valence-corrected chi connectivity index (χ3v) is 4.05. The summed E-state index contributed by atoms with van der Waals surface area (Å²) in [4.78, 5) is 21.8. The average Bonchev–Trinajstić information content (AvgIpc) is 2.46. The highest BCUT2D eigenvalue weighted by atomic mass is 32.2. The summed E-state index contributed by atoms with van der Waals surface area (Å²) in [5.41, 5.74) is -0.289. The van der Waals surface area contributed by atoms with Crippen LogP contribution in [0, 0.1) is 0 Å². The predicted molar refractivity (Wildman–Crippen MR) is 80.0 cm³/mol. The summed E-state index contributed by atoms with van der Waals surface area (Å²) >= 11 is 0. The van der Waals surface area contributed by atoms with Crippen molar-refractivity contribution in [3.63, 3.8) is 0 Å². The number of ether oxygens (including phenoxy) is 1. The van der Waals surface area contributed by atoms with Crippen molar-refractivity contribution in [1.29, 1.82) is 0 Å². The van der Waals surface area contributed by atoms with Gasteiger partial charge in [0.05, 0.1) is 5.56 Å². The highest BCUT2D eigenvalue weighted by molar-refractivity contribution is 7.90. The first kappa shape index (κ1) is 16.5. The summed E-state index contributed by atoms with van der Waals surface area (Å²) in [5, 5.41) is 18.0. The third kappa shape index (κ3) is 3.67. The largest absolute Gasteiger partial charge is 0.478 e. The van der Waals surface area contributed by atoms with Crippen LogP contribution >= 0.6 is 0 Å². The molecule has 0 bridgehead atoms. The van der Waals surface area contributed by atoms with E-state index in [0.29, 0.717) is 0 Å². The van der Waals surface area contributed by atoms with E-state index in [9.17, 15) is 23.1 Å². The second-order valence-corrected chi connectivity index (χ2v) is 6.63. The number of rotatable bonds is 5. The number of hydrogen-bond donors (Lipinski definition) is 2. The van der Waals surface area contributed by atoms with Crippen molar-refractivity contribution >= 4 is 21.8 Å². The van der Waals surface area contributed by atoms with Crippen LogP contribution in [-0.4, -0.2) is 36.8 Å². The molecule has 8 heteroatoms. The number of sulfone groups is 1. The Morgan fingerprint density at radius 1 is 0.957 bits per heavy atom. The standard InChI is InChI=1S/C15H12O7S/c1-23(20,21)12-4-2-3-11(15(18)19)13(12)22-10-7-5-9(6-8-10)14(16)17/h2-8H,1H3,(H,16,17)(H,18,19). The van der Waals surface area contributed by atoms with Crippen molar-refractivity contribution in [2.45, 2.75) is 4.90 Å². The molecule has 0 aliphatic carbocycles. The first-order valence-electron chi connectivity index (χ1n) is 6.27. The Bertz CT molecular complexity index is 867. The fourth-order valence-electron chi connectivity index (χ4n) is 1.86. The maximum atomic E-state index is 11.8. The van der Waals surface area contributed by atoms with Crippen molar-refractivity contribution < 1.29 is 33.0 Å². The molecule has 2 rings (SSSR count). The number of carboxylic acid groups (broad SMARTS) is 2. The van der Waals surface area contributed by atoms with Crippen molar-refractivity contribution in [2.75, 3.05) is 6.26 Å². The van der Waals surface area contributed by atoms with Gasteiger partial charge in [-0.1, -0.05) is 6.07 Å². The van der Waals surface area contributed by atoms with E-state index < -0.39 is 21.8 Å². The van der Waals surface area contributed by atoms with Gasteiger partial charge in [-0.3, -0.25) is 0 Å². The van der Waals surface area contributed by atoms with Gasteiger partial charge < -0.3 is 14.9 Å². The van der Waals surface area contributed by atoms with Crippen LogP contribution in [0.3, 0.4) is 0 Å². The molecule has 2 aromatic rings. The molecule has 0 saturated heterocycles. The van der Waals surface area contributed by atoms with Crippen LogP contribution < -0.4 is 4.74 Å². The van der Waals surface area contributed by atoms with Crippen molar-refractivity contribution in [3.05, 3.63) is 53.6 Å². The van der Waals surface area contributed by atoms with E-state index in [1.54, 1.807) is 0 Å². The minimum absolute atomic E-state index is 0.0206. The van der Waals surface area contributed by atoms with Gasteiger partial charge in [0.2, 0.25) is 0 Å². The maximum Gasteiger partial charge on any atom is 0.339 e. The highest BCUT2D eigenvalue weighted by Crippen LogP contribution is 2.32. The molecular weight excluding hydrogens is 324 g/mol. The van der Waals surface area contributed by atoms with Gasteiger partial charge in [-0.2, -0.15) is 0 Å². The lowest BCUT2D eigenvalue weighted by atomic mass is 10.2. The minimum Gasteiger partial charge on any atom is -0.478 e. The van der Waals surface area contributed by atoms with Gasteiger partial charge in [0.1, 0.15) is 16.2 Å². The summed E-state index contributed by atoms with van der Waals surface area (Å²) in [6, 6.07) is 8.92. The zero-order valence-electron chi connectivity index (χ0n) is 11.9. The summed E-state index contributed by atoms with van der Waals surface area (Å²) in [7, 11) is -3.71. The van der Waals surface area contributed by atoms with E-state index in [-0.39, 0.29) is 27.5 Å². The van der Waals surface area contributed by atoms with Crippen LogP contribution in [0.4, 0.5) is 0 Å². The van der Waals surface area contributed by atoms with E-state index in [2.05, 4.69) is 0 Å². The molecule has 0 aliphatic rings. The van der Waals surface area contributed by atoms with Gasteiger partial charge in [0, 0.05) is 6.26 Å². The van der Waals surface area contributed by atoms with E-state index in [4.69, 9.17) is 9.84 Å². The van der Waals surface area contributed by atoms with E-state index in [1.165, 1.54) is 42.5 Å². The van der Waals surface area contributed by atoms with Gasteiger partial charge in [-0.25, -0.2) is 18.0 Å². The van der Waals surface area contributed by atoms with E-state index in [1.807, 2.05) is 0 Å². The molecule has 0 fully saturated rings. The summed E-state index contributed by atoms with van der Waals surface area (Å²) in [6.07, 6.45) is 0.939. The normalized spacial score (nSPS) is 11.0. The van der Waals surface area contributed by atoms with Crippen LogP contribution in [0.25, 0.3) is 0 Å². The number of carboxylic acids is 2. The van der Waals surface area contributed by atoms with Gasteiger partial charge in [0.15, 0.2) is 15.6 Å². The molecule has 0 unspecified atom stereocenters. The summed E-state index contributed by atoms with van der Waals surface area (Å²) < 4.78 is 29.0. The molecule has 0 amide bonds. The SMILES string of the molecule is CS(=O)(=O)c1cccc(C(=O)O)c1Oc1ccc(C(=O)O)cc1. The maximum absolute atomic E-state index is 11.8. The molecule has 0 saturated carbocycles. The average molecular weight is 336 g/mol. The first-order valence-corrected chi connectivity index (χ1v) is 8.17. The zero-order chi connectivity index (χ0) is 17.2. The lowest BCUT2D eigenvalue weighted by Crippen LogP contribution is -2.06. The molecule has 0 radical (unpaired) electrons. The number of carbonyl (C=O) groups is 2. The molecule has 7 nitrogen and oxygen atoms in total. The molecule has 0 spiro atoms. The highest BCUT2D eigenvalue weighted by Gasteiger charge is 2.22. The van der Waals surface area contributed by atoms with E-state index >= 15 is 0 Å². The fourth-order valence-corrected chi connectivity index (χ4v) is 2.68. The molecule has 0 heterocycles. The molecule has 2 aromatic carbocycles. The topological polar surface area (TPSA) is 118 Å².